The number of unbranched alkanes of at least 4 members (excludes halogenated alkanes) is 1. The molecule has 0 saturated carbocycles. The molecule has 0 atom stereocenters. The van der Waals surface area contributed by atoms with Gasteiger partial charge in [-0.2, -0.15) is 0 Å². The highest BCUT2D eigenvalue weighted by Gasteiger charge is 2.18. The Bertz CT molecular complexity index is 581. The van der Waals surface area contributed by atoms with Crippen molar-refractivity contribution in [3.05, 3.63) is 28.2 Å². The van der Waals surface area contributed by atoms with Crippen molar-refractivity contribution in [2.45, 2.75) is 17.7 Å². The molecule has 0 aliphatic heterocycles. The Kier molecular flexibility index (Phi) is 9.07. The monoisotopic (exact) mass is 400 g/mol. The molecule has 0 heterocycles. The maximum Gasteiger partial charge on any atom is 0.337 e. The van der Waals surface area contributed by atoms with Crippen LogP contribution in [-0.2, 0) is 14.8 Å². The van der Waals surface area contributed by atoms with E-state index in [0.717, 1.165) is 6.42 Å². The lowest BCUT2D eigenvalue weighted by Gasteiger charge is -2.09. The molecule has 1 aromatic rings. The van der Waals surface area contributed by atoms with Crippen molar-refractivity contribution in [1.29, 1.82) is 0 Å². The van der Waals surface area contributed by atoms with Crippen molar-refractivity contribution in [2.24, 2.45) is 5.73 Å². The molecule has 6 nitrogen and oxygen atoms in total. The van der Waals surface area contributed by atoms with E-state index in [1.165, 1.54) is 25.3 Å². The Labute approximate surface area is 139 Å². The lowest BCUT2D eigenvalue weighted by molar-refractivity contribution is 0.0600. The second-order valence-electron chi connectivity index (χ2n) is 4.03. The third-order valence-electron chi connectivity index (χ3n) is 2.57. The third kappa shape index (κ3) is 5.91. The summed E-state index contributed by atoms with van der Waals surface area (Å²) in [7, 11) is -2.35. The number of nitrogens with one attached hydrogen (secondary N) is 1. The first kappa shape index (κ1) is 20.3. The average molecular weight is 402 g/mol. The average Bonchev–Trinajstić information content (AvgIpc) is 2.42. The van der Waals surface area contributed by atoms with Gasteiger partial charge in [-0.3, -0.25) is 0 Å². The summed E-state index contributed by atoms with van der Waals surface area (Å²) in [5, 5.41) is 0. The normalized spacial score (nSPS) is 10.8. The van der Waals surface area contributed by atoms with E-state index in [-0.39, 0.29) is 22.9 Å². The minimum absolute atomic E-state index is 0. The minimum atomic E-state index is -3.61. The summed E-state index contributed by atoms with van der Waals surface area (Å²) < 4.78 is 31.5. The van der Waals surface area contributed by atoms with Gasteiger partial charge < -0.3 is 10.5 Å². The molecule has 3 N–H and O–H groups in total. The van der Waals surface area contributed by atoms with Gasteiger partial charge in [0.1, 0.15) is 0 Å². The van der Waals surface area contributed by atoms with Crippen molar-refractivity contribution in [3.8, 4) is 0 Å². The first-order chi connectivity index (χ1) is 9.42. The quantitative estimate of drug-likeness (QED) is 0.535. The van der Waals surface area contributed by atoms with E-state index in [2.05, 4.69) is 25.4 Å². The summed E-state index contributed by atoms with van der Waals surface area (Å²) in [6.45, 7) is 0.851. The Morgan fingerprint density at radius 2 is 2.05 bits per heavy atom. The molecule has 0 aliphatic rings. The van der Waals surface area contributed by atoms with Crippen molar-refractivity contribution < 1.29 is 17.9 Å². The summed E-state index contributed by atoms with van der Waals surface area (Å²) in [6.07, 6.45) is 1.43. The molecule has 1 rings (SSSR count). The molecule has 0 bridgehead atoms. The summed E-state index contributed by atoms with van der Waals surface area (Å²) in [4.78, 5) is 11.4. The van der Waals surface area contributed by atoms with E-state index < -0.39 is 16.0 Å². The number of ether oxygens (including phenoxy) is 1. The molecule has 0 spiro atoms. The van der Waals surface area contributed by atoms with Crippen LogP contribution in [0.3, 0.4) is 0 Å². The maximum absolute atomic E-state index is 12.1. The highest BCUT2D eigenvalue weighted by atomic mass is 79.9. The fraction of sp³-hybridized carbons (Fsp3) is 0.417. The zero-order valence-corrected chi connectivity index (χ0v) is 14.7. The number of halogens is 2. The lowest BCUT2D eigenvalue weighted by Crippen LogP contribution is -2.25. The number of carbonyl (C=O) groups is 1. The van der Waals surface area contributed by atoms with E-state index in [4.69, 9.17) is 5.73 Å². The number of sulfonamides is 1. The number of benzene rings is 1. The van der Waals surface area contributed by atoms with Crippen LogP contribution in [0.1, 0.15) is 23.2 Å². The van der Waals surface area contributed by atoms with Gasteiger partial charge in [0, 0.05) is 11.0 Å². The Morgan fingerprint density at radius 3 is 2.57 bits per heavy atom. The fourth-order valence-electron chi connectivity index (χ4n) is 1.52. The Balaban J connectivity index is 0.00000400. The second-order valence-corrected chi connectivity index (χ2v) is 6.62. The van der Waals surface area contributed by atoms with Gasteiger partial charge in [0.15, 0.2) is 0 Å². The van der Waals surface area contributed by atoms with Gasteiger partial charge in [-0.1, -0.05) is 0 Å². The number of hydrogen-bond acceptors (Lipinski definition) is 5. The van der Waals surface area contributed by atoms with Gasteiger partial charge in [0.2, 0.25) is 10.0 Å². The van der Waals surface area contributed by atoms with Gasteiger partial charge in [-0.25, -0.2) is 17.9 Å². The van der Waals surface area contributed by atoms with Crippen molar-refractivity contribution >= 4 is 44.3 Å². The van der Waals surface area contributed by atoms with E-state index in [0.29, 0.717) is 24.0 Å². The first-order valence-corrected chi connectivity index (χ1v) is 8.27. The highest BCUT2D eigenvalue weighted by molar-refractivity contribution is 9.10. The van der Waals surface area contributed by atoms with Crippen LogP contribution in [0.2, 0.25) is 0 Å². The van der Waals surface area contributed by atoms with Crippen LogP contribution < -0.4 is 10.5 Å². The molecule has 0 amide bonds. The Hall–Kier alpha value is -0.670. The van der Waals surface area contributed by atoms with E-state index in [9.17, 15) is 13.2 Å². The van der Waals surface area contributed by atoms with Crippen LogP contribution in [0.4, 0.5) is 0 Å². The van der Waals surface area contributed by atoms with Gasteiger partial charge in [0.25, 0.3) is 0 Å². The molecule has 21 heavy (non-hydrogen) atoms. The lowest BCUT2D eigenvalue weighted by atomic mass is 10.2. The van der Waals surface area contributed by atoms with Gasteiger partial charge in [-0.15, -0.1) is 12.4 Å². The molecule has 0 saturated heterocycles. The largest absolute Gasteiger partial charge is 0.465 e. The topological polar surface area (TPSA) is 98.5 Å². The van der Waals surface area contributed by atoms with Crippen LogP contribution >= 0.6 is 28.3 Å². The zero-order valence-electron chi connectivity index (χ0n) is 11.5. The molecule has 0 fully saturated rings. The van der Waals surface area contributed by atoms with Crippen LogP contribution in [-0.4, -0.2) is 34.6 Å². The third-order valence-corrected chi connectivity index (χ3v) is 5.00. The number of hydrogen-bond donors (Lipinski definition) is 2. The molecule has 1 aromatic carbocycles. The SMILES string of the molecule is COC(=O)c1ccc(S(=O)(=O)NCCCCN)c(Br)c1.Cl. The van der Waals surface area contributed by atoms with Crippen LogP contribution in [0.5, 0.6) is 0 Å². The predicted octanol–water partition coefficient (Wildman–Crippen LogP) is 1.67. The van der Waals surface area contributed by atoms with Gasteiger partial charge in [-0.05, 0) is 53.5 Å². The van der Waals surface area contributed by atoms with E-state index in [1.807, 2.05) is 0 Å². The molecular formula is C12H18BrClN2O4S. The number of rotatable bonds is 7. The number of nitrogens with two attached hydrogens (primary N) is 1. The Morgan fingerprint density at radius 1 is 1.38 bits per heavy atom. The molecule has 9 heteroatoms. The zero-order chi connectivity index (χ0) is 15.2. The molecular weight excluding hydrogens is 384 g/mol. The van der Waals surface area contributed by atoms with E-state index in [1.54, 1.807) is 0 Å². The molecule has 0 aliphatic carbocycles. The van der Waals surface area contributed by atoms with Crippen LogP contribution in [0.25, 0.3) is 0 Å². The van der Waals surface area contributed by atoms with Gasteiger partial charge >= 0.3 is 5.97 Å². The predicted molar refractivity (Wildman–Crippen MR) is 86.2 cm³/mol. The van der Waals surface area contributed by atoms with E-state index >= 15 is 0 Å². The number of carbonyl (C=O) groups excluding carboxylic acids is 1. The summed E-state index contributed by atoms with van der Waals surface area (Å²) in [6, 6.07) is 4.19. The summed E-state index contributed by atoms with van der Waals surface area (Å²) in [5.41, 5.74) is 5.62. The smallest absolute Gasteiger partial charge is 0.337 e. The first-order valence-electron chi connectivity index (χ1n) is 6.00. The van der Waals surface area contributed by atoms with Crippen molar-refractivity contribution in [2.75, 3.05) is 20.2 Å². The van der Waals surface area contributed by atoms with Crippen LogP contribution in [0, 0.1) is 0 Å². The standard InChI is InChI=1S/C12H17BrN2O4S.ClH/c1-19-12(16)9-4-5-11(10(13)8-9)20(17,18)15-7-3-2-6-14;/h4-5,8,15H,2-3,6-7,14H2,1H3;1H. The fourth-order valence-corrected chi connectivity index (χ4v) is 3.67. The minimum Gasteiger partial charge on any atom is -0.465 e. The summed E-state index contributed by atoms with van der Waals surface area (Å²) >= 11 is 3.16. The maximum atomic E-state index is 12.1. The molecule has 120 valence electrons. The van der Waals surface area contributed by atoms with Gasteiger partial charge in [0.05, 0.1) is 17.6 Å². The van der Waals surface area contributed by atoms with Crippen molar-refractivity contribution in [3.63, 3.8) is 0 Å². The molecule has 0 unspecified atom stereocenters. The number of esters is 1. The summed E-state index contributed by atoms with van der Waals surface area (Å²) in [5.74, 6) is -0.523. The van der Waals surface area contributed by atoms with Crippen molar-refractivity contribution in [1.82, 2.24) is 4.72 Å². The molecule has 0 aromatic heterocycles. The van der Waals surface area contributed by atoms with Crippen LogP contribution in [0.15, 0.2) is 27.6 Å². The highest BCUT2D eigenvalue weighted by Crippen LogP contribution is 2.23. The number of methoxy groups -OCH3 is 1. The molecule has 0 radical (unpaired) electrons. The second kappa shape index (κ2) is 9.37.